The lowest BCUT2D eigenvalue weighted by atomic mass is 9.98. The van der Waals surface area contributed by atoms with Crippen LogP contribution in [0, 0.1) is 18.8 Å². The number of carboxylic acid groups (broad SMARTS) is 1. The van der Waals surface area contributed by atoms with Gasteiger partial charge in [0.2, 0.25) is 0 Å². The van der Waals surface area contributed by atoms with Gasteiger partial charge in [-0.05, 0) is 84.2 Å². The molecule has 162 valence electrons. The number of hydrogen-bond donors (Lipinski definition) is 1. The number of fused-ring (bicyclic) bond motifs is 4. The second kappa shape index (κ2) is 7.40. The Kier molecular flexibility index (Phi) is 4.49. The van der Waals surface area contributed by atoms with Crippen LogP contribution in [-0.2, 0) is 24.2 Å². The standard InChI is InChI=1S/C28H27NO3/c1-17-5-2-3-7-24(17)29-12-4-6-19-9-8-18(13-25(19)29)16-32-21-10-11-22-20(14-21)15-23-26(22)27(23)28(30)31/h2-3,5,7-11,13-14,23,26-27H,4,6,12,15-16H2,1H3,(H,30,31)/t23-,26+,27?/m1/s1. The van der Waals surface area contributed by atoms with Gasteiger partial charge < -0.3 is 14.7 Å². The van der Waals surface area contributed by atoms with Gasteiger partial charge in [-0.3, -0.25) is 4.79 Å². The predicted octanol–water partition coefficient (Wildman–Crippen LogP) is 5.63. The molecule has 6 rings (SSSR count). The summed E-state index contributed by atoms with van der Waals surface area (Å²) in [6, 6.07) is 21.5. The lowest BCUT2D eigenvalue weighted by molar-refractivity contribution is -0.139. The first-order chi connectivity index (χ1) is 15.6. The molecule has 4 heteroatoms. The molecule has 3 aromatic carbocycles. The van der Waals surface area contributed by atoms with Crippen LogP contribution in [0.5, 0.6) is 5.75 Å². The van der Waals surface area contributed by atoms with Crippen LogP contribution >= 0.6 is 0 Å². The Morgan fingerprint density at radius 2 is 1.94 bits per heavy atom. The zero-order valence-corrected chi connectivity index (χ0v) is 18.3. The highest BCUT2D eigenvalue weighted by Gasteiger charge is 2.59. The van der Waals surface area contributed by atoms with Crippen molar-refractivity contribution in [2.24, 2.45) is 11.8 Å². The quantitative estimate of drug-likeness (QED) is 0.576. The van der Waals surface area contributed by atoms with Crippen LogP contribution in [0.25, 0.3) is 0 Å². The smallest absolute Gasteiger partial charge is 0.307 e. The van der Waals surface area contributed by atoms with E-state index < -0.39 is 5.97 Å². The molecule has 1 saturated carbocycles. The van der Waals surface area contributed by atoms with E-state index in [9.17, 15) is 9.90 Å². The van der Waals surface area contributed by atoms with E-state index in [0.717, 1.165) is 31.6 Å². The fraction of sp³-hybridized carbons (Fsp3) is 0.321. The van der Waals surface area contributed by atoms with Crippen LogP contribution in [0.15, 0.2) is 60.7 Å². The average molecular weight is 426 g/mol. The lowest BCUT2D eigenvalue weighted by Crippen LogP contribution is -2.25. The summed E-state index contributed by atoms with van der Waals surface area (Å²) >= 11 is 0. The number of benzene rings is 3. The third kappa shape index (κ3) is 3.17. The van der Waals surface area contributed by atoms with Crippen LogP contribution in [0.2, 0.25) is 0 Å². The van der Waals surface area contributed by atoms with E-state index in [0.29, 0.717) is 6.61 Å². The largest absolute Gasteiger partial charge is 0.489 e. The van der Waals surface area contributed by atoms with E-state index >= 15 is 0 Å². The summed E-state index contributed by atoms with van der Waals surface area (Å²) in [6.45, 7) is 3.73. The van der Waals surface area contributed by atoms with Gasteiger partial charge in [0.25, 0.3) is 0 Å². The van der Waals surface area contributed by atoms with Crippen molar-refractivity contribution in [2.75, 3.05) is 11.4 Å². The van der Waals surface area contributed by atoms with E-state index in [1.165, 1.54) is 39.2 Å². The topological polar surface area (TPSA) is 49.8 Å². The van der Waals surface area contributed by atoms with Crippen molar-refractivity contribution in [3.8, 4) is 5.75 Å². The number of rotatable bonds is 5. The maximum atomic E-state index is 11.3. The molecule has 3 aliphatic rings. The molecule has 1 heterocycles. The highest BCUT2D eigenvalue weighted by Crippen LogP contribution is 2.61. The van der Waals surface area contributed by atoms with Gasteiger partial charge in [0.15, 0.2) is 0 Å². The molecule has 3 aromatic rings. The highest BCUT2D eigenvalue weighted by atomic mass is 16.5. The molecule has 0 bridgehead atoms. The molecule has 1 fully saturated rings. The van der Waals surface area contributed by atoms with Crippen LogP contribution in [-0.4, -0.2) is 17.6 Å². The Bertz CT molecular complexity index is 1220. The van der Waals surface area contributed by atoms with Crippen LogP contribution in [0.1, 0.15) is 40.2 Å². The lowest BCUT2D eigenvalue weighted by Gasteiger charge is -2.33. The molecular weight excluding hydrogens is 398 g/mol. The van der Waals surface area contributed by atoms with Gasteiger partial charge in [-0.25, -0.2) is 0 Å². The number of carboxylic acids is 1. The van der Waals surface area contributed by atoms with Crippen molar-refractivity contribution in [3.05, 3.63) is 88.5 Å². The Labute approximate surface area is 188 Å². The first-order valence-electron chi connectivity index (χ1n) is 11.5. The average Bonchev–Trinajstić information content (AvgIpc) is 3.40. The van der Waals surface area contributed by atoms with Gasteiger partial charge in [0, 0.05) is 23.8 Å². The summed E-state index contributed by atoms with van der Waals surface area (Å²) in [5.41, 5.74) is 8.89. The van der Waals surface area contributed by atoms with Crippen LogP contribution in [0.3, 0.4) is 0 Å². The zero-order valence-electron chi connectivity index (χ0n) is 18.3. The Balaban J connectivity index is 1.20. The minimum atomic E-state index is -0.655. The molecule has 0 saturated heterocycles. The third-order valence-corrected chi connectivity index (χ3v) is 7.46. The minimum absolute atomic E-state index is 0.180. The molecule has 1 unspecified atom stereocenters. The minimum Gasteiger partial charge on any atom is -0.489 e. The van der Waals surface area contributed by atoms with E-state index in [1.807, 2.05) is 6.07 Å². The number of ether oxygens (including phenoxy) is 1. The Hall–Kier alpha value is -3.27. The molecular formula is C28H27NO3. The van der Waals surface area contributed by atoms with Crippen molar-refractivity contribution in [3.63, 3.8) is 0 Å². The number of para-hydroxylation sites is 1. The van der Waals surface area contributed by atoms with E-state index in [-0.39, 0.29) is 17.8 Å². The Morgan fingerprint density at radius 3 is 2.78 bits per heavy atom. The molecule has 1 aliphatic heterocycles. The van der Waals surface area contributed by atoms with Crippen molar-refractivity contribution in [1.82, 2.24) is 0 Å². The van der Waals surface area contributed by atoms with E-state index in [4.69, 9.17) is 4.74 Å². The van der Waals surface area contributed by atoms with E-state index in [1.54, 1.807) is 0 Å². The Morgan fingerprint density at radius 1 is 1.06 bits per heavy atom. The molecule has 3 atom stereocenters. The first-order valence-corrected chi connectivity index (χ1v) is 11.5. The summed E-state index contributed by atoms with van der Waals surface area (Å²) in [7, 11) is 0. The number of aliphatic carboxylic acids is 1. The molecule has 0 spiro atoms. The summed E-state index contributed by atoms with van der Waals surface area (Å²) in [6.07, 6.45) is 3.14. The molecule has 0 radical (unpaired) electrons. The van der Waals surface area contributed by atoms with Gasteiger partial charge in [-0.2, -0.15) is 0 Å². The molecule has 32 heavy (non-hydrogen) atoms. The van der Waals surface area contributed by atoms with Crippen molar-refractivity contribution in [2.45, 2.75) is 38.7 Å². The molecule has 2 aliphatic carbocycles. The molecule has 0 amide bonds. The van der Waals surface area contributed by atoms with Crippen molar-refractivity contribution >= 4 is 17.3 Å². The SMILES string of the molecule is Cc1ccccc1N1CCCc2ccc(COc3ccc4c(c3)C[C@H]3C(C(=O)O)[C@@H]43)cc21. The maximum absolute atomic E-state index is 11.3. The summed E-state index contributed by atoms with van der Waals surface area (Å²) in [5, 5.41) is 9.31. The van der Waals surface area contributed by atoms with Crippen molar-refractivity contribution < 1.29 is 14.6 Å². The molecule has 0 aromatic heterocycles. The van der Waals surface area contributed by atoms with Gasteiger partial charge >= 0.3 is 5.97 Å². The highest BCUT2D eigenvalue weighted by molar-refractivity contribution is 5.78. The number of aryl methyl sites for hydroxylation is 2. The fourth-order valence-corrected chi connectivity index (χ4v) is 5.81. The summed E-state index contributed by atoms with van der Waals surface area (Å²) < 4.78 is 6.16. The fourth-order valence-electron chi connectivity index (χ4n) is 5.81. The third-order valence-electron chi connectivity index (χ3n) is 7.46. The first kappa shape index (κ1) is 19.4. The number of hydrogen-bond acceptors (Lipinski definition) is 3. The monoisotopic (exact) mass is 425 g/mol. The second-order valence-electron chi connectivity index (χ2n) is 9.41. The van der Waals surface area contributed by atoms with Crippen molar-refractivity contribution in [1.29, 1.82) is 0 Å². The maximum Gasteiger partial charge on any atom is 0.307 e. The molecule has 4 nitrogen and oxygen atoms in total. The number of anilines is 2. The van der Waals surface area contributed by atoms with Gasteiger partial charge in [-0.15, -0.1) is 0 Å². The van der Waals surface area contributed by atoms with Gasteiger partial charge in [0.1, 0.15) is 12.4 Å². The number of nitrogens with zero attached hydrogens (tertiary/aromatic N) is 1. The second-order valence-corrected chi connectivity index (χ2v) is 9.41. The van der Waals surface area contributed by atoms with E-state index in [2.05, 4.69) is 66.4 Å². The summed E-state index contributed by atoms with van der Waals surface area (Å²) in [4.78, 5) is 13.8. The van der Waals surface area contributed by atoms with Gasteiger partial charge in [-0.1, -0.05) is 36.4 Å². The predicted molar refractivity (Wildman–Crippen MR) is 125 cm³/mol. The van der Waals surface area contributed by atoms with Crippen LogP contribution in [0.4, 0.5) is 11.4 Å². The molecule has 1 N–H and O–H groups in total. The zero-order chi connectivity index (χ0) is 21.8. The van der Waals surface area contributed by atoms with Gasteiger partial charge in [0.05, 0.1) is 5.92 Å². The number of carbonyl (C=O) groups is 1. The normalized spacial score (nSPS) is 22.7. The summed E-state index contributed by atoms with van der Waals surface area (Å²) in [5.74, 6) is 0.528. The van der Waals surface area contributed by atoms with Crippen LogP contribution < -0.4 is 9.64 Å².